The predicted octanol–water partition coefficient (Wildman–Crippen LogP) is 3.14. The van der Waals surface area contributed by atoms with Gasteiger partial charge in [0.2, 0.25) is 5.09 Å². The zero-order valence-corrected chi connectivity index (χ0v) is 17.8. The highest BCUT2D eigenvalue weighted by molar-refractivity contribution is 7.89. The zero-order chi connectivity index (χ0) is 21.7. The van der Waals surface area contributed by atoms with E-state index >= 15 is 0 Å². The number of morpholine rings is 1. The Bertz CT molecular complexity index is 1070. The maximum absolute atomic E-state index is 13.3. The maximum Gasteiger partial charge on any atom is 0.290 e. The van der Waals surface area contributed by atoms with E-state index in [0.29, 0.717) is 26.3 Å². The number of amides is 1. The molecule has 1 aliphatic rings. The Balaban J connectivity index is 1.58. The van der Waals surface area contributed by atoms with Gasteiger partial charge in [0.1, 0.15) is 0 Å². The second-order valence-electron chi connectivity index (χ2n) is 7.27. The standard InChI is InChI=1S/C23H24N2O5S/c26-23(21-11-12-22(30-21)31(27,28)25-13-15-29-16-14-25)24(17-19-7-3-1-4-8-19)18-20-9-5-2-6-10-20/h1-12H,13-18H2. The van der Waals surface area contributed by atoms with E-state index in [1.165, 1.54) is 16.4 Å². The topological polar surface area (TPSA) is 80.1 Å². The Morgan fingerprint density at radius 1 is 0.839 bits per heavy atom. The van der Waals surface area contributed by atoms with Gasteiger partial charge in [-0.2, -0.15) is 4.31 Å². The molecule has 1 amide bonds. The van der Waals surface area contributed by atoms with Gasteiger partial charge >= 0.3 is 0 Å². The van der Waals surface area contributed by atoms with Crippen molar-refractivity contribution in [3.8, 4) is 0 Å². The third kappa shape index (κ3) is 5.04. The van der Waals surface area contributed by atoms with E-state index in [4.69, 9.17) is 9.15 Å². The van der Waals surface area contributed by atoms with Gasteiger partial charge in [-0.3, -0.25) is 4.79 Å². The molecule has 0 saturated carbocycles. The number of sulfonamides is 1. The highest BCUT2D eigenvalue weighted by atomic mass is 32.2. The smallest absolute Gasteiger partial charge is 0.290 e. The van der Waals surface area contributed by atoms with Gasteiger partial charge in [-0.25, -0.2) is 8.42 Å². The number of carbonyl (C=O) groups is 1. The molecule has 2 heterocycles. The van der Waals surface area contributed by atoms with Gasteiger partial charge in [-0.15, -0.1) is 0 Å². The van der Waals surface area contributed by atoms with Crippen LogP contribution in [0.25, 0.3) is 0 Å². The van der Waals surface area contributed by atoms with Gasteiger partial charge in [0.15, 0.2) is 5.76 Å². The van der Waals surface area contributed by atoms with Gasteiger partial charge in [-0.05, 0) is 23.3 Å². The maximum atomic E-state index is 13.3. The Labute approximate surface area is 181 Å². The van der Waals surface area contributed by atoms with Gasteiger partial charge < -0.3 is 14.1 Å². The Kier molecular flexibility index (Phi) is 6.50. The molecule has 162 valence electrons. The lowest BCUT2D eigenvalue weighted by Gasteiger charge is -2.25. The molecule has 0 radical (unpaired) electrons. The van der Waals surface area contributed by atoms with Crippen LogP contribution in [0.1, 0.15) is 21.7 Å². The van der Waals surface area contributed by atoms with Crippen molar-refractivity contribution < 1.29 is 22.4 Å². The van der Waals surface area contributed by atoms with Crippen LogP contribution in [0.4, 0.5) is 0 Å². The van der Waals surface area contributed by atoms with Gasteiger partial charge in [0.25, 0.3) is 15.9 Å². The van der Waals surface area contributed by atoms with Crippen molar-refractivity contribution in [2.75, 3.05) is 26.3 Å². The number of furan rings is 1. The van der Waals surface area contributed by atoms with Crippen LogP contribution in [0.5, 0.6) is 0 Å². The molecular formula is C23H24N2O5S. The van der Waals surface area contributed by atoms with Crippen LogP contribution >= 0.6 is 0 Å². The molecule has 1 saturated heterocycles. The monoisotopic (exact) mass is 440 g/mol. The van der Waals surface area contributed by atoms with Crippen molar-refractivity contribution in [3.63, 3.8) is 0 Å². The Hall–Kier alpha value is -2.94. The lowest BCUT2D eigenvalue weighted by molar-refractivity contribution is 0.0683. The van der Waals surface area contributed by atoms with Crippen LogP contribution in [-0.2, 0) is 27.8 Å². The summed E-state index contributed by atoms with van der Waals surface area (Å²) >= 11 is 0. The Morgan fingerprint density at radius 3 is 1.94 bits per heavy atom. The summed E-state index contributed by atoms with van der Waals surface area (Å²) in [7, 11) is -3.80. The van der Waals surface area contributed by atoms with Crippen molar-refractivity contribution in [3.05, 3.63) is 89.7 Å². The van der Waals surface area contributed by atoms with E-state index in [1.54, 1.807) is 4.90 Å². The van der Waals surface area contributed by atoms with Crippen molar-refractivity contribution in [2.24, 2.45) is 0 Å². The van der Waals surface area contributed by atoms with Crippen LogP contribution < -0.4 is 0 Å². The van der Waals surface area contributed by atoms with Crippen molar-refractivity contribution in [2.45, 2.75) is 18.2 Å². The van der Waals surface area contributed by atoms with Crippen molar-refractivity contribution in [1.29, 1.82) is 0 Å². The third-order valence-corrected chi connectivity index (χ3v) is 6.85. The average molecular weight is 441 g/mol. The highest BCUT2D eigenvalue weighted by Gasteiger charge is 2.31. The van der Waals surface area contributed by atoms with Gasteiger partial charge in [-0.1, -0.05) is 60.7 Å². The molecule has 4 rings (SSSR count). The van der Waals surface area contributed by atoms with Gasteiger partial charge in [0.05, 0.1) is 13.2 Å². The molecule has 0 spiro atoms. The molecule has 7 nitrogen and oxygen atoms in total. The molecule has 8 heteroatoms. The second-order valence-corrected chi connectivity index (χ2v) is 9.14. The summed E-state index contributed by atoms with van der Waals surface area (Å²) in [6.45, 7) is 1.96. The fourth-order valence-electron chi connectivity index (χ4n) is 3.45. The highest BCUT2D eigenvalue weighted by Crippen LogP contribution is 2.22. The van der Waals surface area contributed by atoms with E-state index in [1.807, 2.05) is 60.7 Å². The number of rotatable bonds is 7. The van der Waals surface area contributed by atoms with Crippen LogP contribution in [0.15, 0.2) is 82.3 Å². The molecule has 31 heavy (non-hydrogen) atoms. The molecule has 3 aromatic rings. The molecule has 0 bridgehead atoms. The summed E-state index contributed by atoms with van der Waals surface area (Å²) in [5, 5.41) is -0.225. The summed E-state index contributed by atoms with van der Waals surface area (Å²) in [5.41, 5.74) is 1.94. The average Bonchev–Trinajstić information content (AvgIpc) is 3.31. The van der Waals surface area contributed by atoms with E-state index < -0.39 is 10.0 Å². The first-order valence-electron chi connectivity index (χ1n) is 10.1. The van der Waals surface area contributed by atoms with E-state index in [0.717, 1.165) is 11.1 Å². The molecule has 0 unspecified atom stereocenters. The van der Waals surface area contributed by atoms with Crippen LogP contribution in [0.3, 0.4) is 0 Å². The predicted molar refractivity (Wildman–Crippen MR) is 115 cm³/mol. The third-order valence-electron chi connectivity index (χ3n) is 5.08. The molecule has 1 fully saturated rings. The van der Waals surface area contributed by atoms with Crippen molar-refractivity contribution >= 4 is 15.9 Å². The summed E-state index contributed by atoms with van der Waals surface area (Å²) in [4.78, 5) is 14.9. The van der Waals surface area contributed by atoms with Gasteiger partial charge in [0, 0.05) is 26.2 Å². The lowest BCUT2D eigenvalue weighted by Crippen LogP contribution is -2.40. The second kappa shape index (κ2) is 9.47. The zero-order valence-electron chi connectivity index (χ0n) is 17.0. The van der Waals surface area contributed by atoms with Crippen LogP contribution in [0, 0.1) is 0 Å². The number of ether oxygens (including phenoxy) is 1. The van der Waals surface area contributed by atoms with Crippen LogP contribution in [0.2, 0.25) is 0 Å². The first kappa shape index (κ1) is 21.3. The number of hydrogen-bond acceptors (Lipinski definition) is 5. The summed E-state index contributed by atoms with van der Waals surface area (Å²) in [6, 6.07) is 22.1. The largest absolute Gasteiger partial charge is 0.438 e. The number of benzene rings is 2. The first-order valence-corrected chi connectivity index (χ1v) is 11.5. The molecule has 1 aliphatic heterocycles. The quantitative estimate of drug-likeness (QED) is 0.564. The van der Waals surface area contributed by atoms with Crippen LogP contribution in [-0.4, -0.2) is 49.8 Å². The molecule has 2 aromatic carbocycles. The Morgan fingerprint density at radius 2 is 1.39 bits per heavy atom. The molecule has 1 aromatic heterocycles. The number of carbonyl (C=O) groups excluding carboxylic acids is 1. The van der Waals surface area contributed by atoms with E-state index in [-0.39, 0.29) is 29.8 Å². The minimum absolute atomic E-state index is 0.00121. The summed E-state index contributed by atoms with van der Waals surface area (Å²) < 4.78 is 37.7. The molecule has 0 atom stereocenters. The normalized spacial score (nSPS) is 15.0. The minimum Gasteiger partial charge on any atom is -0.438 e. The SMILES string of the molecule is O=C(c1ccc(S(=O)(=O)N2CCOCC2)o1)N(Cc1ccccc1)Cc1ccccc1. The van der Waals surface area contributed by atoms with E-state index in [9.17, 15) is 13.2 Å². The molecular weight excluding hydrogens is 416 g/mol. The van der Waals surface area contributed by atoms with E-state index in [2.05, 4.69) is 0 Å². The fourth-order valence-corrected chi connectivity index (χ4v) is 4.77. The minimum atomic E-state index is -3.80. The first-order chi connectivity index (χ1) is 15.0. The fraction of sp³-hybridized carbons (Fsp3) is 0.261. The molecule has 0 aliphatic carbocycles. The number of nitrogens with zero attached hydrogens (tertiary/aromatic N) is 2. The summed E-state index contributed by atoms with van der Waals surface area (Å²) in [6.07, 6.45) is 0. The molecule has 0 N–H and O–H groups in total. The van der Waals surface area contributed by atoms with Crippen molar-refractivity contribution in [1.82, 2.24) is 9.21 Å². The summed E-state index contributed by atoms with van der Waals surface area (Å²) in [5.74, 6) is -0.366. The number of hydrogen-bond donors (Lipinski definition) is 0. The lowest BCUT2D eigenvalue weighted by atomic mass is 10.1.